The summed E-state index contributed by atoms with van der Waals surface area (Å²) in [6.45, 7) is 1.96. The second-order valence-corrected chi connectivity index (χ2v) is 5.98. The maximum atomic E-state index is 11.1. The Morgan fingerprint density at radius 3 is 2.71 bits per heavy atom. The molecule has 1 N–H and O–H groups in total. The van der Waals surface area contributed by atoms with Crippen LogP contribution in [-0.4, -0.2) is 34.0 Å². The van der Waals surface area contributed by atoms with Crippen molar-refractivity contribution >= 4 is 11.7 Å². The van der Waals surface area contributed by atoms with Crippen molar-refractivity contribution in [2.24, 2.45) is 5.92 Å². The molecule has 7 nitrogen and oxygen atoms in total. The second kappa shape index (κ2) is 6.84. The van der Waals surface area contributed by atoms with Gasteiger partial charge in [-0.05, 0) is 43.7 Å². The lowest BCUT2D eigenvalue weighted by Gasteiger charge is -2.29. The minimum atomic E-state index is -0.745. The van der Waals surface area contributed by atoms with Gasteiger partial charge < -0.3 is 9.52 Å². The molecular weight excluding hydrogens is 312 g/mol. The number of piperidine rings is 1. The Labute approximate surface area is 138 Å². The molecule has 1 aromatic heterocycles. The Morgan fingerprint density at radius 1 is 1.29 bits per heavy atom. The molecule has 1 fully saturated rings. The van der Waals surface area contributed by atoms with Gasteiger partial charge in [0.25, 0.3) is 5.69 Å². The van der Waals surface area contributed by atoms with Crippen LogP contribution in [0.1, 0.15) is 18.6 Å². The number of likely N-dealkylation sites (tertiary alicyclic amines) is 1. The maximum absolute atomic E-state index is 11.1. The normalized spacial score (nSPS) is 18.4. The van der Waals surface area contributed by atoms with Crippen molar-refractivity contribution in [3.8, 4) is 11.3 Å². The fraction of sp³-hybridized carbons (Fsp3) is 0.353. The minimum Gasteiger partial charge on any atom is -0.481 e. The second-order valence-electron chi connectivity index (χ2n) is 5.98. The van der Waals surface area contributed by atoms with Crippen molar-refractivity contribution in [3.63, 3.8) is 0 Å². The molecule has 3 rings (SSSR count). The number of benzene rings is 1. The number of furan rings is 1. The predicted octanol–water partition coefficient (Wildman–Crippen LogP) is 3.15. The fourth-order valence-electron chi connectivity index (χ4n) is 2.99. The highest BCUT2D eigenvalue weighted by molar-refractivity contribution is 5.70. The molecule has 2 aromatic rings. The minimum absolute atomic E-state index is 0.0403. The van der Waals surface area contributed by atoms with Crippen LogP contribution in [0.15, 0.2) is 40.8 Å². The van der Waals surface area contributed by atoms with Crippen LogP contribution in [0.5, 0.6) is 0 Å². The number of rotatable bonds is 5. The molecule has 2 heterocycles. The van der Waals surface area contributed by atoms with Crippen molar-refractivity contribution in [3.05, 3.63) is 52.3 Å². The summed E-state index contributed by atoms with van der Waals surface area (Å²) < 4.78 is 5.81. The lowest BCUT2D eigenvalue weighted by Crippen LogP contribution is -2.38. The smallest absolute Gasteiger partial charge is 0.307 e. The van der Waals surface area contributed by atoms with Crippen LogP contribution in [0.25, 0.3) is 11.3 Å². The van der Waals surface area contributed by atoms with E-state index >= 15 is 0 Å². The third-order valence-corrected chi connectivity index (χ3v) is 4.26. The Kier molecular flexibility index (Phi) is 4.61. The first-order chi connectivity index (χ1) is 11.5. The molecule has 0 saturated carbocycles. The molecule has 1 unspecified atom stereocenters. The van der Waals surface area contributed by atoms with Crippen LogP contribution >= 0.6 is 0 Å². The SMILES string of the molecule is O=C(O)C1CCCN(Cc2ccc(-c3ccc([N+](=O)[O-])cc3)o2)C1. The van der Waals surface area contributed by atoms with E-state index in [1.165, 1.54) is 12.1 Å². The van der Waals surface area contributed by atoms with E-state index in [9.17, 15) is 14.9 Å². The average Bonchev–Trinajstić information content (AvgIpc) is 3.03. The number of hydrogen-bond donors (Lipinski definition) is 1. The molecule has 0 aliphatic carbocycles. The van der Waals surface area contributed by atoms with Crippen LogP contribution in [0, 0.1) is 16.0 Å². The van der Waals surface area contributed by atoms with E-state index in [2.05, 4.69) is 4.90 Å². The van der Waals surface area contributed by atoms with Gasteiger partial charge in [-0.2, -0.15) is 0 Å². The van der Waals surface area contributed by atoms with Crippen LogP contribution in [0.4, 0.5) is 5.69 Å². The number of nitrogens with zero attached hydrogens (tertiary/aromatic N) is 2. The number of carboxylic acid groups (broad SMARTS) is 1. The van der Waals surface area contributed by atoms with E-state index in [-0.39, 0.29) is 11.6 Å². The Hall–Kier alpha value is -2.67. The molecule has 126 valence electrons. The molecule has 0 bridgehead atoms. The third-order valence-electron chi connectivity index (χ3n) is 4.26. The summed E-state index contributed by atoms with van der Waals surface area (Å²) in [6, 6.07) is 9.89. The van der Waals surface area contributed by atoms with Gasteiger partial charge >= 0.3 is 5.97 Å². The van der Waals surface area contributed by atoms with E-state index in [1.54, 1.807) is 12.1 Å². The molecule has 0 amide bonds. The molecule has 0 radical (unpaired) electrons. The van der Waals surface area contributed by atoms with Crippen molar-refractivity contribution in [1.82, 2.24) is 4.90 Å². The first kappa shape index (κ1) is 16.2. The molecular formula is C17H18N2O5. The first-order valence-corrected chi connectivity index (χ1v) is 7.81. The van der Waals surface area contributed by atoms with Gasteiger partial charge in [0.1, 0.15) is 11.5 Å². The van der Waals surface area contributed by atoms with Gasteiger partial charge in [-0.25, -0.2) is 0 Å². The quantitative estimate of drug-likeness (QED) is 0.668. The lowest BCUT2D eigenvalue weighted by molar-refractivity contribution is -0.384. The summed E-state index contributed by atoms with van der Waals surface area (Å²) in [5, 5.41) is 19.8. The van der Waals surface area contributed by atoms with Gasteiger partial charge in [-0.1, -0.05) is 0 Å². The topological polar surface area (TPSA) is 96.8 Å². The van der Waals surface area contributed by atoms with Gasteiger partial charge in [0.05, 0.1) is 17.4 Å². The van der Waals surface area contributed by atoms with Gasteiger partial charge in [0.2, 0.25) is 0 Å². The van der Waals surface area contributed by atoms with Crippen LogP contribution < -0.4 is 0 Å². The summed E-state index contributed by atoms with van der Waals surface area (Å²) in [6.07, 6.45) is 1.59. The van der Waals surface area contributed by atoms with Crippen LogP contribution in [0.2, 0.25) is 0 Å². The van der Waals surface area contributed by atoms with Crippen molar-refractivity contribution in [2.45, 2.75) is 19.4 Å². The van der Waals surface area contributed by atoms with Crippen molar-refractivity contribution < 1.29 is 19.2 Å². The molecule has 1 aliphatic heterocycles. The van der Waals surface area contributed by atoms with E-state index < -0.39 is 10.9 Å². The van der Waals surface area contributed by atoms with Gasteiger partial charge in [0.15, 0.2) is 0 Å². The molecule has 24 heavy (non-hydrogen) atoms. The standard InChI is InChI=1S/C17H18N2O5/c20-17(21)13-2-1-9-18(10-13)11-15-7-8-16(24-15)12-3-5-14(6-4-12)19(22)23/h3-8,13H,1-2,9-11H2,(H,20,21). The summed E-state index contributed by atoms with van der Waals surface area (Å²) in [5.74, 6) is 0.342. The van der Waals surface area contributed by atoms with Crippen LogP contribution in [-0.2, 0) is 11.3 Å². The lowest BCUT2D eigenvalue weighted by atomic mass is 9.98. The van der Waals surface area contributed by atoms with E-state index in [0.717, 1.165) is 30.7 Å². The monoisotopic (exact) mass is 330 g/mol. The molecule has 1 saturated heterocycles. The fourth-order valence-corrected chi connectivity index (χ4v) is 2.99. The number of nitro groups is 1. The number of hydrogen-bond acceptors (Lipinski definition) is 5. The molecule has 7 heteroatoms. The van der Waals surface area contributed by atoms with Gasteiger partial charge in [-0.3, -0.25) is 19.8 Å². The summed E-state index contributed by atoms with van der Waals surface area (Å²) in [7, 11) is 0. The average molecular weight is 330 g/mol. The molecule has 0 spiro atoms. The van der Waals surface area contributed by atoms with Crippen molar-refractivity contribution in [1.29, 1.82) is 0 Å². The van der Waals surface area contributed by atoms with Crippen molar-refractivity contribution in [2.75, 3.05) is 13.1 Å². The number of carboxylic acids is 1. The summed E-state index contributed by atoms with van der Waals surface area (Å²) in [4.78, 5) is 23.4. The number of aliphatic carboxylic acids is 1. The van der Waals surface area contributed by atoms with Gasteiger partial charge in [0, 0.05) is 24.2 Å². The third kappa shape index (κ3) is 3.62. The zero-order valence-corrected chi connectivity index (χ0v) is 13.1. The number of nitro benzene ring substituents is 1. The molecule has 1 aromatic carbocycles. The zero-order chi connectivity index (χ0) is 17.1. The van der Waals surface area contributed by atoms with E-state index in [1.807, 2.05) is 12.1 Å². The highest BCUT2D eigenvalue weighted by atomic mass is 16.6. The summed E-state index contributed by atoms with van der Waals surface area (Å²) in [5.41, 5.74) is 0.812. The summed E-state index contributed by atoms with van der Waals surface area (Å²) >= 11 is 0. The Morgan fingerprint density at radius 2 is 2.04 bits per heavy atom. The maximum Gasteiger partial charge on any atom is 0.307 e. The largest absolute Gasteiger partial charge is 0.481 e. The Bertz CT molecular complexity index is 738. The van der Waals surface area contributed by atoms with E-state index in [4.69, 9.17) is 9.52 Å². The zero-order valence-electron chi connectivity index (χ0n) is 13.1. The van der Waals surface area contributed by atoms with Gasteiger partial charge in [-0.15, -0.1) is 0 Å². The molecule has 1 atom stereocenters. The highest BCUT2D eigenvalue weighted by Gasteiger charge is 2.25. The Balaban J connectivity index is 1.67. The first-order valence-electron chi connectivity index (χ1n) is 7.81. The predicted molar refractivity (Wildman–Crippen MR) is 86.4 cm³/mol. The van der Waals surface area contributed by atoms with E-state index in [0.29, 0.717) is 18.8 Å². The highest BCUT2D eigenvalue weighted by Crippen LogP contribution is 2.26. The molecule has 1 aliphatic rings. The number of carbonyl (C=O) groups is 1. The number of non-ortho nitro benzene ring substituents is 1. The van der Waals surface area contributed by atoms with Crippen LogP contribution in [0.3, 0.4) is 0 Å².